The Bertz CT molecular complexity index is 511. The van der Waals surface area contributed by atoms with Gasteiger partial charge in [-0.15, -0.1) is 0 Å². The van der Waals surface area contributed by atoms with Crippen molar-refractivity contribution in [2.45, 2.75) is 62.1 Å². The van der Waals surface area contributed by atoms with Gasteiger partial charge in [-0.2, -0.15) is 0 Å². The molecule has 0 aromatic heterocycles. The van der Waals surface area contributed by atoms with E-state index >= 15 is 0 Å². The quantitative estimate of drug-likeness (QED) is 0.562. The summed E-state index contributed by atoms with van der Waals surface area (Å²) in [6.07, 6.45) is 2.17. The number of epoxide rings is 2. The van der Waals surface area contributed by atoms with Gasteiger partial charge in [0.2, 0.25) is 0 Å². The molecule has 0 unspecified atom stereocenters. The van der Waals surface area contributed by atoms with E-state index in [9.17, 15) is 9.90 Å². The van der Waals surface area contributed by atoms with E-state index in [1.807, 2.05) is 19.9 Å². The highest BCUT2D eigenvalue weighted by atomic mass is 16.7. The van der Waals surface area contributed by atoms with Crippen LogP contribution in [0.1, 0.15) is 33.1 Å². The second kappa shape index (κ2) is 5.11. The summed E-state index contributed by atoms with van der Waals surface area (Å²) >= 11 is 0. The zero-order chi connectivity index (χ0) is 16.2. The molecule has 22 heavy (non-hydrogen) atoms. The maximum absolute atomic E-state index is 12.2. The molecule has 0 aromatic carbocycles. The lowest BCUT2D eigenvalue weighted by molar-refractivity contribution is -0.193. The van der Waals surface area contributed by atoms with Crippen molar-refractivity contribution in [1.82, 2.24) is 0 Å². The Morgan fingerprint density at radius 1 is 1.55 bits per heavy atom. The predicted molar refractivity (Wildman–Crippen MR) is 77.4 cm³/mol. The van der Waals surface area contributed by atoms with Gasteiger partial charge in [0, 0.05) is 13.5 Å². The summed E-state index contributed by atoms with van der Waals surface area (Å²) in [6, 6.07) is 0. The van der Waals surface area contributed by atoms with Crippen molar-refractivity contribution >= 4 is 5.78 Å². The van der Waals surface area contributed by atoms with Crippen LogP contribution in [-0.2, 0) is 19.0 Å². The minimum atomic E-state index is -1.48. The molecular weight excluding hydrogens is 288 g/mol. The summed E-state index contributed by atoms with van der Waals surface area (Å²) in [5.74, 6) is -0.108. The van der Waals surface area contributed by atoms with E-state index in [1.165, 1.54) is 7.11 Å². The molecule has 6 nitrogen and oxygen atoms in total. The van der Waals surface area contributed by atoms with Crippen LogP contribution >= 0.6 is 0 Å². The molecule has 2 N–H and O–H groups in total. The summed E-state index contributed by atoms with van der Waals surface area (Å²) in [7, 11) is 1.44. The third-order valence-electron chi connectivity index (χ3n) is 5.50. The van der Waals surface area contributed by atoms with Crippen molar-refractivity contribution in [2.75, 3.05) is 20.3 Å². The third kappa shape index (κ3) is 2.02. The van der Waals surface area contributed by atoms with Crippen molar-refractivity contribution in [3.8, 4) is 0 Å². The number of Topliss-reactive ketones (excluding diaryl/α,β-unsaturated/α-hetero) is 1. The Morgan fingerprint density at radius 3 is 2.77 bits per heavy atom. The van der Waals surface area contributed by atoms with Crippen LogP contribution in [0.3, 0.4) is 0 Å². The number of carbonyl (C=O) groups excluding carboxylic acids is 1. The van der Waals surface area contributed by atoms with Gasteiger partial charge < -0.3 is 24.4 Å². The highest BCUT2D eigenvalue weighted by Gasteiger charge is 2.81. The number of ketones is 1. The number of aliphatic hydroxyl groups excluding tert-OH is 1. The van der Waals surface area contributed by atoms with Crippen molar-refractivity contribution in [3.05, 3.63) is 11.6 Å². The van der Waals surface area contributed by atoms with Gasteiger partial charge in [0.05, 0.1) is 19.3 Å². The molecule has 0 radical (unpaired) electrons. The van der Waals surface area contributed by atoms with Gasteiger partial charge in [-0.05, 0) is 26.7 Å². The number of hydrogen-bond acceptors (Lipinski definition) is 6. The Labute approximate surface area is 130 Å². The smallest absolute Gasteiger partial charge is 0.164 e. The summed E-state index contributed by atoms with van der Waals surface area (Å²) < 4.78 is 16.7. The van der Waals surface area contributed by atoms with Crippen LogP contribution in [0, 0.1) is 0 Å². The minimum Gasteiger partial charge on any atom is -0.392 e. The molecule has 0 bridgehead atoms. The van der Waals surface area contributed by atoms with E-state index in [0.29, 0.717) is 25.9 Å². The molecule has 6 heteroatoms. The van der Waals surface area contributed by atoms with Crippen LogP contribution in [0.5, 0.6) is 0 Å². The fourth-order valence-corrected chi connectivity index (χ4v) is 3.83. The first-order chi connectivity index (χ1) is 10.3. The molecule has 2 aliphatic heterocycles. The number of methoxy groups -OCH3 is 1. The molecule has 0 amide bonds. The zero-order valence-electron chi connectivity index (χ0n) is 13.3. The number of aliphatic hydroxyl groups is 2. The van der Waals surface area contributed by atoms with Crippen molar-refractivity contribution in [2.24, 2.45) is 0 Å². The average molecular weight is 312 g/mol. The molecule has 1 spiro atoms. The number of rotatable bonds is 5. The molecule has 1 saturated carbocycles. The van der Waals surface area contributed by atoms with Crippen molar-refractivity contribution in [1.29, 1.82) is 0 Å². The first-order valence-corrected chi connectivity index (χ1v) is 7.71. The molecular formula is C16H24O6. The van der Waals surface area contributed by atoms with Crippen LogP contribution in [0.2, 0.25) is 0 Å². The molecule has 3 aliphatic rings. The number of ether oxygens (including phenoxy) is 3. The van der Waals surface area contributed by atoms with Gasteiger partial charge in [0.1, 0.15) is 17.3 Å². The molecule has 1 aliphatic carbocycles. The molecule has 124 valence electrons. The lowest BCUT2D eigenvalue weighted by Crippen LogP contribution is -2.69. The summed E-state index contributed by atoms with van der Waals surface area (Å²) in [5, 5.41) is 20.5. The lowest BCUT2D eigenvalue weighted by Gasteiger charge is -2.45. The van der Waals surface area contributed by atoms with Crippen LogP contribution < -0.4 is 0 Å². The van der Waals surface area contributed by atoms with Crippen LogP contribution in [0.15, 0.2) is 11.6 Å². The van der Waals surface area contributed by atoms with Gasteiger partial charge in [0.15, 0.2) is 11.4 Å². The fourth-order valence-electron chi connectivity index (χ4n) is 3.83. The van der Waals surface area contributed by atoms with Gasteiger partial charge >= 0.3 is 0 Å². The lowest BCUT2D eigenvalue weighted by atomic mass is 9.65. The van der Waals surface area contributed by atoms with Crippen molar-refractivity contribution in [3.63, 3.8) is 0 Å². The fraction of sp³-hybridized carbons (Fsp3) is 0.812. The average Bonchev–Trinajstić information content (AvgIpc) is 3.39. The van der Waals surface area contributed by atoms with E-state index < -0.39 is 22.9 Å². The van der Waals surface area contributed by atoms with E-state index in [4.69, 9.17) is 19.3 Å². The van der Waals surface area contributed by atoms with Gasteiger partial charge in [-0.3, -0.25) is 4.79 Å². The molecule has 3 rings (SSSR count). The van der Waals surface area contributed by atoms with E-state index in [0.717, 1.165) is 5.57 Å². The monoisotopic (exact) mass is 312 g/mol. The van der Waals surface area contributed by atoms with Crippen LogP contribution in [0.4, 0.5) is 0 Å². The standard InChI is InChI=1S/C16H24O6/c1-10(8-17)4-5-12-14(2,22-12)16(19)13(20-3)11(18)6-7-15(16)9-21-15/h4,12-13,17,19H,5-9H2,1-3H3/b10-4+/t12-,13-,14+,15+,16+/m0/s1. The van der Waals surface area contributed by atoms with Crippen LogP contribution in [-0.4, -0.2) is 65.3 Å². The van der Waals surface area contributed by atoms with Gasteiger partial charge in [-0.25, -0.2) is 0 Å². The maximum Gasteiger partial charge on any atom is 0.164 e. The van der Waals surface area contributed by atoms with E-state index in [1.54, 1.807) is 0 Å². The topological polar surface area (TPSA) is 91.8 Å². The first-order valence-electron chi connectivity index (χ1n) is 7.71. The SMILES string of the molecule is CO[C@H]1C(=O)CC[C@@]2(CO2)[C@]1(O)[C@]1(C)O[C@H]1C/C=C(\C)CO. The Kier molecular flexibility index (Phi) is 3.73. The molecule has 2 saturated heterocycles. The molecule has 5 atom stereocenters. The second-order valence-corrected chi connectivity index (χ2v) is 6.79. The van der Waals surface area contributed by atoms with Crippen molar-refractivity contribution < 1.29 is 29.2 Å². The minimum absolute atomic E-state index is 0.0000667. The van der Waals surface area contributed by atoms with Gasteiger partial charge in [-0.1, -0.05) is 11.6 Å². The van der Waals surface area contributed by atoms with Crippen LogP contribution in [0.25, 0.3) is 0 Å². The Balaban J connectivity index is 1.86. The first kappa shape index (κ1) is 16.1. The normalized spacial score (nSPS) is 47.9. The third-order valence-corrected chi connectivity index (χ3v) is 5.50. The van der Waals surface area contributed by atoms with E-state index in [2.05, 4.69) is 0 Å². The molecule has 2 heterocycles. The maximum atomic E-state index is 12.2. The Hall–Kier alpha value is -0.790. The summed E-state index contributed by atoms with van der Waals surface area (Å²) in [6.45, 7) is 4.07. The summed E-state index contributed by atoms with van der Waals surface area (Å²) in [4.78, 5) is 12.2. The summed E-state index contributed by atoms with van der Waals surface area (Å²) in [5.41, 5.74) is -2.24. The highest BCUT2D eigenvalue weighted by molar-refractivity contribution is 5.87. The largest absolute Gasteiger partial charge is 0.392 e. The van der Waals surface area contributed by atoms with Gasteiger partial charge in [0.25, 0.3) is 0 Å². The van der Waals surface area contributed by atoms with E-state index in [-0.39, 0.29) is 18.5 Å². The molecule has 3 fully saturated rings. The number of carbonyl (C=O) groups is 1. The Morgan fingerprint density at radius 2 is 2.23 bits per heavy atom. The zero-order valence-corrected chi connectivity index (χ0v) is 13.3. The highest BCUT2D eigenvalue weighted by Crippen LogP contribution is 2.61. The second-order valence-electron chi connectivity index (χ2n) is 6.79. The number of hydrogen-bond donors (Lipinski definition) is 2. The predicted octanol–water partition coefficient (Wildman–Crippen LogP) is 0.351. The molecule has 0 aromatic rings.